The highest BCUT2D eigenvalue weighted by Gasteiger charge is 2.14. The number of likely N-dealkylation sites (tertiary alicyclic amines) is 1. The molecule has 0 unspecified atom stereocenters. The lowest BCUT2D eigenvalue weighted by atomic mass is 10.1. The Hall–Kier alpha value is -1.09. The predicted octanol–water partition coefficient (Wildman–Crippen LogP) is 2.14. The van der Waals surface area contributed by atoms with Gasteiger partial charge in [0.2, 0.25) is 0 Å². The fraction of sp³-hybridized carbons (Fsp3) is 0.545. The zero-order chi connectivity index (χ0) is 9.97. The molecule has 1 aliphatic heterocycles. The van der Waals surface area contributed by atoms with Gasteiger partial charge in [0, 0.05) is 12.6 Å². The van der Waals surface area contributed by atoms with Crippen molar-refractivity contribution in [2.24, 2.45) is 0 Å². The van der Waals surface area contributed by atoms with Crippen LogP contribution in [-0.4, -0.2) is 23.1 Å². The Labute approximate surface area is 84.4 Å². The molecule has 1 saturated heterocycles. The monoisotopic (exact) mass is 192 g/mol. The van der Waals surface area contributed by atoms with Crippen molar-refractivity contribution in [1.82, 2.24) is 10.1 Å². The number of hydrogen-bond acceptors (Lipinski definition) is 3. The minimum absolute atomic E-state index is 0.861. The maximum absolute atomic E-state index is 5.18. The van der Waals surface area contributed by atoms with Crippen molar-refractivity contribution in [2.45, 2.75) is 26.3 Å². The molecule has 2 heterocycles. The fourth-order valence-electron chi connectivity index (χ4n) is 1.87. The summed E-state index contributed by atoms with van der Waals surface area (Å²) < 4.78 is 5.18. The molecule has 3 nitrogen and oxygen atoms in total. The first-order chi connectivity index (χ1) is 6.74. The fourth-order valence-corrected chi connectivity index (χ4v) is 1.87. The van der Waals surface area contributed by atoms with Gasteiger partial charge in [-0.3, -0.25) is 4.90 Å². The Morgan fingerprint density at radius 2 is 2.50 bits per heavy atom. The van der Waals surface area contributed by atoms with Crippen LogP contribution in [0.5, 0.6) is 0 Å². The highest BCUT2D eigenvalue weighted by atomic mass is 16.5. The van der Waals surface area contributed by atoms with E-state index in [1.165, 1.54) is 18.4 Å². The van der Waals surface area contributed by atoms with Gasteiger partial charge in [-0.1, -0.05) is 17.3 Å². The molecule has 0 spiro atoms. The summed E-state index contributed by atoms with van der Waals surface area (Å²) in [6, 6.07) is 2.00. The molecule has 0 amide bonds. The van der Waals surface area contributed by atoms with Gasteiger partial charge in [-0.15, -0.1) is 0 Å². The van der Waals surface area contributed by atoms with E-state index < -0.39 is 0 Å². The van der Waals surface area contributed by atoms with E-state index in [9.17, 15) is 0 Å². The van der Waals surface area contributed by atoms with Gasteiger partial charge in [0.25, 0.3) is 0 Å². The molecule has 3 heteroatoms. The maximum atomic E-state index is 5.18. The van der Waals surface area contributed by atoms with Gasteiger partial charge < -0.3 is 4.52 Å². The molecule has 0 saturated carbocycles. The van der Waals surface area contributed by atoms with E-state index in [-0.39, 0.29) is 0 Å². The molecule has 1 aromatic rings. The van der Waals surface area contributed by atoms with Crippen LogP contribution in [0, 0.1) is 6.92 Å². The Kier molecular flexibility index (Phi) is 2.68. The molecular weight excluding hydrogens is 176 g/mol. The van der Waals surface area contributed by atoms with Crippen LogP contribution in [0.2, 0.25) is 0 Å². The molecular formula is C11H16N2O. The highest BCUT2D eigenvalue weighted by Crippen LogP contribution is 2.16. The van der Waals surface area contributed by atoms with Crippen LogP contribution in [0.1, 0.15) is 24.3 Å². The van der Waals surface area contributed by atoms with Crippen molar-refractivity contribution in [3.63, 3.8) is 0 Å². The van der Waals surface area contributed by atoms with Gasteiger partial charge in [0.05, 0.1) is 12.2 Å². The van der Waals surface area contributed by atoms with Crippen molar-refractivity contribution in [3.05, 3.63) is 29.7 Å². The SMILES string of the molecule is C=C1CCCN(Cc2cc(C)no2)C1. The summed E-state index contributed by atoms with van der Waals surface area (Å²) in [5.41, 5.74) is 2.28. The summed E-state index contributed by atoms with van der Waals surface area (Å²) in [6.07, 6.45) is 2.39. The predicted molar refractivity (Wildman–Crippen MR) is 54.9 cm³/mol. The third-order valence-corrected chi connectivity index (χ3v) is 2.51. The quantitative estimate of drug-likeness (QED) is 0.672. The van der Waals surface area contributed by atoms with E-state index in [0.717, 1.165) is 31.1 Å². The van der Waals surface area contributed by atoms with E-state index in [4.69, 9.17) is 4.52 Å². The van der Waals surface area contributed by atoms with Crippen molar-refractivity contribution >= 4 is 0 Å². The van der Waals surface area contributed by atoms with E-state index >= 15 is 0 Å². The molecule has 0 radical (unpaired) electrons. The van der Waals surface area contributed by atoms with Gasteiger partial charge >= 0.3 is 0 Å². The van der Waals surface area contributed by atoms with Gasteiger partial charge in [0.15, 0.2) is 5.76 Å². The Morgan fingerprint density at radius 1 is 1.64 bits per heavy atom. The first-order valence-electron chi connectivity index (χ1n) is 5.05. The smallest absolute Gasteiger partial charge is 0.150 e. The summed E-state index contributed by atoms with van der Waals surface area (Å²) in [4.78, 5) is 2.35. The van der Waals surface area contributed by atoms with Gasteiger partial charge in [0.1, 0.15) is 0 Å². The molecule has 0 bridgehead atoms. The Morgan fingerprint density at radius 3 is 3.14 bits per heavy atom. The second kappa shape index (κ2) is 3.96. The summed E-state index contributed by atoms with van der Waals surface area (Å²) in [6.45, 7) is 8.97. The van der Waals surface area contributed by atoms with Gasteiger partial charge in [-0.25, -0.2) is 0 Å². The molecule has 0 atom stereocenters. The Balaban J connectivity index is 1.93. The first kappa shape index (κ1) is 9.46. The summed E-state index contributed by atoms with van der Waals surface area (Å²) in [5, 5.41) is 3.88. The molecule has 0 aromatic carbocycles. The van der Waals surface area contributed by atoms with Gasteiger partial charge in [-0.05, 0) is 26.3 Å². The summed E-state index contributed by atoms with van der Waals surface area (Å²) in [7, 11) is 0. The molecule has 14 heavy (non-hydrogen) atoms. The third-order valence-electron chi connectivity index (χ3n) is 2.51. The lowest BCUT2D eigenvalue weighted by Gasteiger charge is -2.26. The topological polar surface area (TPSA) is 29.3 Å². The normalized spacial score (nSPS) is 18.8. The van der Waals surface area contributed by atoms with Crippen LogP contribution in [0.3, 0.4) is 0 Å². The summed E-state index contributed by atoms with van der Waals surface area (Å²) in [5.74, 6) is 0.956. The van der Waals surface area contributed by atoms with Crippen molar-refractivity contribution < 1.29 is 4.52 Å². The van der Waals surface area contributed by atoms with Crippen molar-refractivity contribution in [1.29, 1.82) is 0 Å². The minimum Gasteiger partial charge on any atom is -0.360 e. The standard InChI is InChI=1S/C11H16N2O/c1-9-4-3-5-13(7-9)8-11-6-10(2)12-14-11/h6H,1,3-5,7-8H2,2H3. The summed E-state index contributed by atoms with van der Waals surface area (Å²) >= 11 is 0. The van der Waals surface area contributed by atoms with E-state index in [1.807, 2.05) is 13.0 Å². The number of hydrogen-bond donors (Lipinski definition) is 0. The van der Waals surface area contributed by atoms with E-state index in [2.05, 4.69) is 16.6 Å². The van der Waals surface area contributed by atoms with Gasteiger partial charge in [-0.2, -0.15) is 0 Å². The molecule has 76 valence electrons. The average molecular weight is 192 g/mol. The van der Waals surface area contributed by atoms with Crippen LogP contribution < -0.4 is 0 Å². The lowest BCUT2D eigenvalue weighted by molar-refractivity contribution is 0.226. The number of rotatable bonds is 2. The highest BCUT2D eigenvalue weighted by molar-refractivity contribution is 5.05. The zero-order valence-electron chi connectivity index (χ0n) is 8.62. The molecule has 0 N–H and O–H groups in total. The number of piperidine rings is 1. The number of aryl methyl sites for hydroxylation is 1. The average Bonchev–Trinajstić information content (AvgIpc) is 2.51. The Bertz CT molecular complexity index is 330. The second-order valence-electron chi connectivity index (χ2n) is 4.00. The zero-order valence-corrected chi connectivity index (χ0v) is 8.62. The van der Waals surface area contributed by atoms with Crippen molar-refractivity contribution in [2.75, 3.05) is 13.1 Å². The third kappa shape index (κ3) is 2.23. The number of aromatic nitrogens is 1. The minimum atomic E-state index is 0.861. The van der Waals surface area contributed by atoms with Crippen LogP contribution in [-0.2, 0) is 6.54 Å². The molecule has 2 rings (SSSR count). The lowest BCUT2D eigenvalue weighted by Crippen LogP contribution is -2.30. The molecule has 0 aliphatic carbocycles. The van der Waals surface area contributed by atoms with Crippen LogP contribution in [0.4, 0.5) is 0 Å². The second-order valence-corrected chi connectivity index (χ2v) is 4.00. The molecule has 1 fully saturated rings. The van der Waals surface area contributed by atoms with E-state index in [0.29, 0.717) is 0 Å². The first-order valence-corrected chi connectivity index (χ1v) is 5.05. The van der Waals surface area contributed by atoms with Crippen molar-refractivity contribution in [3.8, 4) is 0 Å². The number of nitrogens with zero attached hydrogens (tertiary/aromatic N) is 2. The molecule has 1 aliphatic rings. The largest absolute Gasteiger partial charge is 0.360 e. The van der Waals surface area contributed by atoms with Crippen LogP contribution in [0.25, 0.3) is 0 Å². The molecule has 1 aromatic heterocycles. The maximum Gasteiger partial charge on any atom is 0.150 e. The van der Waals surface area contributed by atoms with E-state index in [1.54, 1.807) is 0 Å². The van der Waals surface area contributed by atoms with Crippen LogP contribution in [0.15, 0.2) is 22.7 Å². The van der Waals surface area contributed by atoms with Crippen LogP contribution >= 0.6 is 0 Å².